The monoisotopic (exact) mass is 329 g/mol. The lowest BCUT2D eigenvalue weighted by molar-refractivity contribution is 0.0692. The van der Waals surface area contributed by atoms with Gasteiger partial charge in [-0.25, -0.2) is 17.6 Å². The number of carboxylic acid groups (broad SMARTS) is 1. The highest BCUT2D eigenvalue weighted by Gasteiger charge is 2.48. The van der Waals surface area contributed by atoms with E-state index in [1.54, 1.807) is 12.1 Å². The number of ether oxygens (including phenoxy) is 1. The molecule has 1 aromatic rings. The largest absolute Gasteiger partial charge is 0.491 e. The molecule has 1 aliphatic heterocycles. The van der Waals surface area contributed by atoms with Crippen molar-refractivity contribution in [3.63, 3.8) is 0 Å². The minimum absolute atomic E-state index is 0.000836. The van der Waals surface area contributed by atoms with Gasteiger partial charge in [0.05, 0.1) is 5.75 Å². The summed E-state index contributed by atoms with van der Waals surface area (Å²) in [7, 11) is -3.75. The zero-order chi connectivity index (χ0) is 16.0. The summed E-state index contributed by atoms with van der Waals surface area (Å²) < 4.78 is 45.1. The van der Waals surface area contributed by atoms with E-state index in [1.807, 2.05) is 0 Å². The number of alkyl halides is 1. The number of aromatic carboxylic acids is 1. The Kier molecular flexibility index (Phi) is 3.60. The second-order valence-electron chi connectivity index (χ2n) is 5.69. The van der Waals surface area contributed by atoms with Gasteiger partial charge in [0.25, 0.3) is 0 Å². The van der Waals surface area contributed by atoms with E-state index in [0.29, 0.717) is 5.56 Å². The number of rotatable bonds is 4. The lowest BCUT2D eigenvalue weighted by Crippen LogP contribution is -2.37. The average molecular weight is 329 g/mol. The molecule has 0 amide bonds. The molecular weight excluding hydrogens is 313 g/mol. The molecule has 1 aromatic carbocycles. The van der Waals surface area contributed by atoms with Crippen LogP contribution in [0.25, 0.3) is 0 Å². The Balaban J connectivity index is 1.89. The maximum Gasteiger partial charge on any atom is 0.339 e. The maximum atomic E-state index is 13.8. The summed E-state index contributed by atoms with van der Waals surface area (Å²) >= 11 is 0. The highest BCUT2D eigenvalue weighted by atomic mass is 32.2. The SMILES string of the molecule is O=C(O)c1cccc2c1OCCN(S(=O)(=O)CC1(F)CC1)C2. The van der Waals surface area contributed by atoms with Crippen LogP contribution in [0.1, 0.15) is 28.8 Å². The van der Waals surface area contributed by atoms with Gasteiger partial charge >= 0.3 is 5.97 Å². The van der Waals surface area contributed by atoms with Crippen molar-refractivity contribution in [2.45, 2.75) is 25.1 Å². The van der Waals surface area contributed by atoms with Gasteiger partial charge in [-0.15, -0.1) is 0 Å². The molecule has 0 radical (unpaired) electrons. The molecule has 1 saturated carbocycles. The first-order chi connectivity index (χ1) is 10.3. The summed E-state index contributed by atoms with van der Waals surface area (Å²) in [6.07, 6.45) is 0.548. The van der Waals surface area contributed by atoms with Crippen molar-refractivity contribution < 1.29 is 27.4 Å². The number of benzene rings is 1. The molecule has 22 heavy (non-hydrogen) atoms. The summed E-state index contributed by atoms with van der Waals surface area (Å²) in [4.78, 5) is 11.2. The Morgan fingerprint density at radius 3 is 2.77 bits per heavy atom. The minimum Gasteiger partial charge on any atom is -0.491 e. The van der Waals surface area contributed by atoms with Gasteiger partial charge in [-0.05, 0) is 18.9 Å². The Morgan fingerprint density at radius 1 is 1.41 bits per heavy atom. The minimum atomic E-state index is -3.75. The first-order valence-electron chi connectivity index (χ1n) is 6.95. The van der Waals surface area contributed by atoms with Gasteiger partial charge in [0.2, 0.25) is 10.0 Å². The molecule has 120 valence electrons. The maximum absolute atomic E-state index is 13.8. The number of nitrogens with zero attached hydrogens (tertiary/aromatic N) is 1. The van der Waals surface area contributed by atoms with E-state index in [9.17, 15) is 17.6 Å². The molecule has 1 heterocycles. The van der Waals surface area contributed by atoms with Crippen LogP contribution in [-0.2, 0) is 16.6 Å². The van der Waals surface area contributed by atoms with Crippen LogP contribution in [0.5, 0.6) is 5.75 Å². The number of halogens is 1. The van der Waals surface area contributed by atoms with Gasteiger partial charge in [0.1, 0.15) is 23.6 Å². The summed E-state index contributed by atoms with van der Waals surface area (Å²) in [5, 5.41) is 9.16. The molecule has 8 heteroatoms. The van der Waals surface area contributed by atoms with Crippen LogP contribution in [0.15, 0.2) is 18.2 Å². The Bertz CT molecular complexity index is 714. The zero-order valence-corrected chi connectivity index (χ0v) is 12.6. The predicted molar refractivity (Wildman–Crippen MR) is 76.2 cm³/mol. The molecule has 1 aliphatic carbocycles. The molecule has 0 atom stereocenters. The second kappa shape index (κ2) is 5.20. The van der Waals surface area contributed by atoms with Crippen LogP contribution in [0.3, 0.4) is 0 Å². The van der Waals surface area contributed by atoms with Crippen LogP contribution in [0, 0.1) is 0 Å². The molecular formula is C14H16FNO5S. The number of para-hydroxylation sites is 1. The summed E-state index contributed by atoms with van der Waals surface area (Å²) in [5.74, 6) is -1.46. The molecule has 3 rings (SSSR count). The third kappa shape index (κ3) is 2.93. The van der Waals surface area contributed by atoms with E-state index in [4.69, 9.17) is 9.84 Å². The standard InChI is InChI=1S/C14H16FNO5S/c15-14(4-5-14)9-22(19,20)16-6-7-21-12-10(8-16)2-1-3-11(12)13(17)18/h1-3H,4-9H2,(H,17,18). The normalized spacial score (nSPS) is 20.6. The molecule has 2 aliphatic rings. The van der Waals surface area contributed by atoms with E-state index >= 15 is 0 Å². The van der Waals surface area contributed by atoms with E-state index in [-0.39, 0.29) is 43.9 Å². The lowest BCUT2D eigenvalue weighted by Gasteiger charge is -2.20. The van der Waals surface area contributed by atoms with Gasteiger partial charge in [0, 0.05) is 18.7 Å². The number of sulfonamides is 1. The van der Waals surface area contributed by atoms with Gasteiger partial charge in [-0.3, -0.25) is 0 Å². The van der Waals surface area contributed by atoms with E-state index < -0.39 is 27.4 Å². The molecule has 6 nitrogen and oxygen atoms in total. The smallest absolute Gasteiger partial charge is 0.339 e. The van der Waals surface area contributed by atoms with Crippen LogP contribution in [0.2, 0.25) is 0 Å². The molecule has 0 unspecified atom stereocenters. The Morgan fingerprint density at radius 2 is 2.14 bits per heavy atom. The molecule has 1 fully saturated rings. The van der Waals surface area contributed by atoms with Crippen molar-refractivity contribution in [3.05, 3.63) is 29.3 Å². The Labute approximate surface area is 127 Å². The first-order valence-corrected chi connectivity index (χ1v) is 8.56. The fourth-order valence-corrected chi connectivity index (χ4v) is 4.32. The van der Waals surface area contributed by atoms with Crippen molar-refractivity contribution in [2.75, 3.05) is 18.9 Å². The molecule has 1 N–H and O–H groups in total. The number of carbonyl (C=O) groups is 1. The summed E-state index contributed by atoms with van der Waals surface area (Å²) in [6.45, 7) is 0.108. The van der Waals surface area contributed by atoms with Crippen molar-refractivity contribution in [3.8, 4) is 5.75 Å². The highest BCUT2D eigenvalue weighted by Crippen LogP contribution is 2.41. The van der Waals surface area contributed by atoms with Crippen LogP contribution in [-0.4, -0.2) is 48.4 Å². The lowest BCUT2D eigenvalue weighted by atomic mass is 10.1. The molecule has 0 spiro atoms. The van der Waals surface area contributed by atoms with E-state index in [0.717, 1.165) is 0 Å². The van der Waals surface area contributed by atoms with Gasteiger partial charge in [-0.1, -0.05) is 12.1 Å². The number of hydrogen-bond donors (Lipinski definition) is 1. The number of carboxylic acids is 1. The zero-order valence-electron chi connectivity index (χ0n) is 11.8. The molecule has 0 bridgehead atoms. The van der Waals surface area contributed by atoms with E-state index in [1.165, 1.54) is 10.4 Å². The molecule has 0 saturated heterocycles. The third-order valence-electron chi connectivity index (χ3n) is 3.89. The van der Waals surface area contributed by atoms with Gasteiger partial charge in [0.15, 0.2) is 0 Å². The number of hydrogen-bond acceptors (Lipinski definition) is 4. The summed E-state index contributed by atoms with van der Waals surface area (Å²) in [5.41, 5.74) is -1.12. The van der Waals surface area contributed by atoms with Crippen molar-refractivity contribution >= 4 is 16.0 Å². The topological polar surface area (TPSA) is 83.9 Å². The van der Waals surface area contributed by atoms with Gasteiger partial charge in [-0.2, -0.15) is 4.31 Å². The van der Waals surface area contributed by atoms with Crippen molar-refractivity contribution in [2.24, 2.45) is 0 Å². The van der Waals surface area contributed by atoms with Gasteiger partial charge < -0.3 is 9.84 Å². The van der Waals surface area contributed by atoms with Crippen LogP contribution < -0.4 is 4.74 Å². The average Bonchev–Trinajstić information content (AvgIpc) is 3.18. The fraction of sp³-hybridized carbons (Fsp3) is 0.500. The van der Waals surface area contributed by atoms with Crippen molar-refractivity contribution in [1.29, 1.82) is 0 Å². The predicted octanol–water partition coefficient (Wildman–Crippen LogP) is 1.41. The quantitative estimate of drug-likeness (QED) is 0.903. The second-order valence-corrected chi connectivity index (χ2v) is 7.66. The Hall–Kier alpha value is -1.67. The van der Waals surface area contributed by atoms with Crippen LogP contribution >= 0.6 is 0 Å². The fourth-order valence-electron chi connectivity index (χ4n) is 2.50. The van der Waals surface area contributed by atoms with Crippen LogP contribution in [0.4, 0.5) is 4.39 Å². The highest BCUT2D eigenvalue weighted by molar-refractivity contribution is 7.89. The van der Waals surface area contributed by atoms with Crippen molar-refractivity contribution in [1.82, 2.24) is 4.31 Å². The summed E-state index contributed by atoms with van der Waals surface area (Å²) in [6, 6.07) is 4.57. The third-order valence-corrected chi connectivity index (χ3v) is 5.87. The number of fused-ring (bicyclic) bond motifs is 1. The first kappa shape index (κ1) is 15.2. The molecule has 0 aromatic heterocycles. The van der Waals surface area contributed by atoms with E-state index in [2.05, 4.69) is 0 Å².